The Morgan fingerprint density at radius 2 is 1.88 bits per heavy atom. The predicted octanol–water partition coefficient (Wildman–Crippen LogP) is 2.00. The molecule has 0 saturated carbocycles. The molecule has 3 aromatic rings. The van der Waals surface area contributed by atoms with Gasteiger partial charge >= 0.3 is 0 Å². The summed E-state index contributed by atoms with van der Waals surface area (Å²) in [4.78, 5) is 27.9. The molecule has 3 rings (SSSR count). The lowest BCUT2D eigenvalue weighted by atomic mass is 10.3. The highest BCUT2D eigenvalue weighted by Crippen LogP contribution is 2.27. The van der Waals surface area contributed by atoms with Crippen molar-refractivity contribution >= 4 is 40.5 Å². The van der Waals surface area contributed by atoms with E-state index >= 15 is 0 Å². The van der Waals surface area contributed by atoms with Crippen LogP contribution in [0.4, 0.5) is 23.0 Å². The van der Waals surface area contributed by atoms with Crippen molar-refractivity contribution in [2.24, 2.45) is 0 Å². The van der Waals surface area contributed by atoms with Gasteiger partial charge in [-0.1, -0.05) is 11.6 Å². The molecule has 25 heavy (non-hydrogen) atoms. The van der Waals surface area contributed by atoms with E-state index in [2.05, 4.69) is 36.1 Å². The molecule has 126 valence electrons. The Bertz CT molecular complexity index is 890. The molecule has 0 atom stereocenters. The summed E-state index contributed by atoms with van der Waals surface area (Å²) < 4.78 is 0. The number of amides is 1. The van der Waals surface area contributed by atoms with Crippen molar-refractivity contribution in [2.75, 3.05) is 16.5 Å². The third-order valence-electron chi connectivity index (χ3n) is 3.11. The van der Waals surface area contributed by atoms with Crippen LogP contribution in [0.2, 0.25) is 5.15 Å². The molecule has 9 nitrogen and oxygen atoms in total. The van der Waals surface area contributed by atoms with Gasteiger partial charge in [-0.3, -0.25) is 20.6 Å². The minimum atomic E-state index is -0.379. The van der Waals surface area contributed by atoms with E-state index in [9.17, 15) is 4.79 Å². The molecular weight excluding hydrogens is 344 g/mol. The maximum absolute atomic E-state index is 12.0. The number of nitrogens with one attached hydrogen (secondary N) is 3. The number of halogens is 1. The normalized spacial score (nSPS) is 10.1. The van der Waals surface area contributed by atoms with Crippen LogP contribution < -0.4 is 21.9 Å². The van der Waals surface area contributed by atoms with Crippen molar-refractivity contribution in [3.8, 4) is 0 Å². The quantitative estimate of drug-likeness (QED) is 0.403. The number of pyridine rings is 2. The molecule has 0 bridgehead atoms. The van der Waals surface area contributed by atoms with Gasteiger partial charge in [0, 0.05) is 18.6 Å². The molecule has 1 amide bonds. The molecule has 0 aliphatic heterocycles. The van der Waals surface area contributed by atoms with Crippen LogP contribution in [-0.2, 0) is 0 Å². The highest BCUT2D eigenvalue weighted by molar-refractivity contribution is 6.32. The van der Waals surface area contributed by atoms with Crippen LogP contribution in [0.3, 0.4) is 0 Å². The second-order valence-electron chi connectivity index (χ2n) is 4.77. The summed E-state index contributed by atoms with van der Waals surface area (Å²) in [6, 6.07) is 6.74. The van der Waals surface area contributed by atoms with E-state index in [0.717, 1.165) is 0 Å². The van der Waals surface area contributed by atoms with E-state index in [0.29, 0.717) is 17.1 Å². The molecular formula is C15H13ClN8O. The second kappa shape index (κ2) is 7.41. The standard InChI is InChI=1S/C15H13ClN8O/c16-12-10(4-2-6-19-12)22-13-11(17)14(21-8-20-13)23-24-15(25)9-3-1-5-18-7-9/h1-8H,17H2,(H,24,25)(H2,20,21,22,23). The van der Waals surface area contributed by atoms with E-state index in [4.69, 9.17) is 17.3 Å². The fourth-order valence-electron chi connectivity index (χ4n) is 1.89. The zero-order valence-corrected chi connectivity index (χ0v) is 13.5. The number of hydrogen-bond donors (Lipinski definition) is 4. The largest absolute Gasteiger partial charge is 0.393 e. The number of nitrogen functional groups attached to an aromatic ring is 1. The Morgan fingerprint density at radius 1 is 1.08 bits per heavy atom. The van der Waals surface area contributed by atoms with Gasteiger partial charge in [0.15, 0.2) is 16.8 Å². The predicted molar refractivity (Wildman–Crippen MR) is 94.3 cm³/mol. The van der Waals surface area contributed by atoms with Gasteiger partial charge in [0.25, 0.3) is 5.91 Å². The Labute approximate surface area is 147 Å². The molecule has 0 radical (unpaired) electrons. The summed E-state index contributed by atoms with van der Waals surface area (Å²) in [6.07, 6.45) is 5.88. The van der Waals surface area contributed by atoms with Crippen molar-refractivity contribution in [1.29, 1.82) is 0 Å². The van der Waals surface area contributed by atoms with Crippen molar-refractivity contribution in [1.82, 2.24) is 25.4 Å². The molecule has 10 heteroatoms. The van der Waals surface area contributed by atoms with Crippen molar-refractivity contribution in [2.45, 2.75) is 0 Å². The van der Waals surface area contributed by atoms with E-state index in [-0.39, 0.29) is 22.6 Å². The number of carbonyl (C=O) groups is 1. The minimum absolute atomic E-state index is 0.203. The third kappa shape index (κ3) is 3.90. The number of anilines is 4. The number of aromatic nitrogens is 4. The van der Waals surface area contributed by atoms with Crippen LogP contribution >= 0.6 is 11.6 Å². The SMILES string of the molecule is Nc1c(NNC(=O)c2cccnc2)ncnc1Nc1cccnc1Cl. The van der Waals surface area contributed by atoms with Gasteiger partial charge in [0.05, 0.1) is 11.3 Å². The average molecular weight is 357 g/mol. The zero-order chi connectivity index (χ0) is 17.6. The van der Waals surface area contributed by atoms with Gasteiger partial charge in [-0.15, -0.1) is 0 Å². The van der Waals surface area contributed by atoms with Gasteiger partial charge in [-0.2, -0.15) is 0 Å². The zero-order valence-electron chi connectivity index (χ0n) is 12.8. The van der Waals surface area contributed by atoms with Gasteiger partial charge in [0.1, 0.15) is 12.0 Å². The maximum atomic E-state index is 12.0. The van der Waals surface area contributed by atoms with Gasteiger partial charge in [-0.25, -0.2) is 15.0 Å². The van der Waals surface area contributed by atoms with Crippen LogP contribution in [0.1, 0.15) is 10.4 Å². The molecule has 0 saturated heterocycles. The third-order valence-corrected chi connectivity index (χ3v) is 3.42. The van der Waals surface area contributed by atoms with Gasteiger partial charge in [-0.05, 0) is 24.3 Å². The summed E-state index contributed by atoms with van der Waals surface area (Å²) in [6.45, 7) is 0. The molecule has 0 unspecified atom stereocenters. The first-order valence-corrected chi connectivity index (χ1v) is 7.47. The molecule has 0 aliphatic carbocycles. The second-order valence-corrected chi connectivity index (χ2v) is 5.13. The lowest BCUT2D eigenvalue weighted by Gasteiger charge is -2.13. The number of hydrazine groups is 1. The Morgan fingerprint density at radius 3 is 2.64 bits per heavy atom. The first-order valence-electron chi connectivity index (χ1n) is 7.09. The minimum Gasteiger partial charge on any atom is -0.393 e. The fraction of sp³-hybridized carbons (Fsp3) is 0. The van der Waals surface area contributed by atoms with Gasteiger partial charge < -0.3 is 11.1 Å². The summed E-state index contributed by atoms with van der Waals surface area (Å²) in [5.74, 6) is 0.175. The number of hydrogen-bond acceptors (Lipinski definition) is 8. The molecule has 3 heterocycles. The smallest absolute Gasteiger partial charge is 0.271 e. The van der Waals surface area contributed by atoms with E-state index in [1.807, 2.05) is 0 Å². The number of rotatable bonds is 5. The average Bonchev–Trinajstić information content (AvgIpc) is 2.64. The van der Waals surface area contributed by atoms with Crippen LogP contribution in [0.25, 0.3) is 0 Å². The van der Waals surface area contributed by atoms with Crippen LogP contribution in [-0.4, -0.2) is 25.8 Å². The van der Waals surface area contributed by atoms with Crippen LogP contribution in [0.5, 0.6) is 0 Å². The number of carbonyl (C=O) groups excluding carboxylic acids is 1. The Balaban J connectivity index is 1.73. The van der Waals surface area contributed by atoms with Crippen molar-refractivity contribution in [3.05, 3.63) is 59.9 Å². The van der Waals surface area contributed by atoms with E-state index in [1.165, 1.54) is 12.5 Å². The highest BCUT2D eigenvalue weighted by Gasteiger charge is 2.11. The lowest BCUT2D eigenvalue weighted by molar-refractivity contribution is 0.0962. The molecule has 0 aliphatic rings. The van der Waals surface area contributed by atoms with Crippen molar-refractivity contribution < 1.29 is 4.79 Å². The topological polar surface area (TPSA) is 131 Å². The van der Waals surface area contributed by atoms with Gasteiger partial charge in [0.2, 0.25) is 0 Å². The summed E-state index contributed by atoms with van der Waals surface area (Å²) >= 11 is 6.00. The number of nitrogens with two attached hydrogens (primary N) is 1. The Hall–Kier alpha value is -3.46. The molecule has 0 fully saturated rings. The summed E-state index contributed by atoms with van der Waals surface area (Å²) in [5.41, 5.74) is 12.3. The molecule has 0 aromatic carbocycles. The summed E-state index contributed by atoms with van der Waals surface area (Å²) in [7, 11) is 0. The maximum Gasteiger partial charge on any atom is 0.271 e. The van der Waals surface area contributed by atoms with E-state index < -0.39 is 0 Å². The summed E-state index contributed by atoms with van der Waals surface area (Å²) in [5, 5.41) is 3.24. The van der Waals surface area contributed by atoms with Crippen LogP contribution in [0.15, 0.2) is 49.2 Å². The first-order chi connectivity index (χ1) is 12.1. The van der Waals surface area contributed by atoms with E-state index in [1.54, 1.807) is 36.7 Å². The lowest BCUT2D eigenvalue weighted by Crippen LogP contribution is -2.30. The highest BCUT2D eigenvalue weighted by atomic mass is 35.5. The first kappa shape index (κ1) is 16.4. The Kier molecular flexibility index (Phi) is 4.86. The monoisotopic (exact) mass is 356 g/mol. The molecule has 3 aromatic heterocycles. The fourth-order valence-corrected chi connectivity index (χ4v) is 2.05. The van der Waals surface area contributed by atoms with Crippen LogP contribution in [0, 0.1) is 0 Å². The van der Waals surface area contributed by atoms with Crippen molar-refractivity contribution in [3.63, 3.8) is 0 Å². The molecule has 5 N–H and O–H groups in total. The molecule has 0 spiro atoms. The number of nitrogens with zero attached hydrogens (tertiary/aromatic N) is 4.